The molecule has 0 saturated carbocycles. The van der Waals surface area contributed by atoms with Gasteiger partial charge in [-0.2, -0.15) is 5.26 Å². The van der Waals surface area contributed by atoms with Crippen LogP contribution in [0.25, 0.3) is 0 Å². The third kappa shape index (κ3) is 8.88. The summed E-state index contributed by atoms with van der Waals surface area (Å²) >= 11 is 0. The van der Waals surface area contributed by atoms with Crippen LogP contribution in [0.1, 0.15) is 32.0 Å². The number of guanidine groups is 1. The fourth-order valence-electron chi connectivity index (χ4n) is 1.94. The second-order valence-electron chi connectivity index (χ2n) is 5.67. The van der Waals surface area contributed by atoms with Crippen molar-refractivity contribution >= 4 is 17.7 Å². The molecule has 0 fully saturated rings. The van der Waals surface area contributed by atoms with Crippen molar-refractivity contribution < 1.29 is 14.6 Å². The molecule has 0 amide bonds. The van der Waals surface area contributed by atoms with Crippen molar-refractivity contribution in [3.63, 3.8) is 0 Å². The summed E-state index contributed by atoms with van der Waals surface area (Å²) in [7, 11) is 0. The monoisotopic (exact) mass is 369 g/mol. The second kappa shape index (κ2) is 11.1. The molecule has 0 spiro atoms. The Morgan fingerprint density at radius 1 is 1.30 bits per heavy atom. The number of aromatic nitrogens is 1. The zero-order chi connectivity index (χ0) is 20.2. The van der Waals surface area contributed by atoms with Crippen LogP contribution < -0.4 is 15.4 Å². The highest BCUT2D eigenvalue weighted by atomic mass is 16.5. The zero-order valence-corrected chi connectivity index (χ0v) is 15.5. The van der Waals surface area contributed by atoms with Crippen molar-refractivity contribution in [3.8, 4) is 11.8 Å². The lowest BCUT2D eigenvalue weighted by Gasteiger charge is -2.15. The van der Waals surface area contributed by atoms with Gasteiger partial charge in [-0.05, 0) is 32.0 Å². The molecular formula is C19H23N5O3. The fourth-order valence-corrected chi connectivity index (χ4v) is 1.94. The second-order valence-corrected chi connectivity index (χ2v) is 5.67. The predicted octanol–water partition coefficient (Wildman–Crippen LogP) is 2.97. The van der Waals surface area contributed by atoms with E-state index >= 15 is 0 Å². The minimum atomic E-state index is -0.833. The van der Waals surface area contributed by atoms with E-state index in [4.69, 9.17) is 25.3 Å². The molecule has 2 aromatic rings. The van der Waals surface area contributed by atoms with Gasteiger partial charge in [-0.15, -0.1) is 0 Å². The highest BCUT2D eigenvalue weighted by Gasteiger charge is 2.06. The average molecular weight is 369 g/mol. The minimum absolute atomic E-state index is 0.0895. The average Bonchev–Trinajstić information content (AvgIpc) is 2.60. The summed E-state index contributed by atoms with van der Waals surface area (Å²) in [6, 6.07) is 14.7. The molecule has 142 valence electrons. The number of carbonyl (C=O) groups is 1. The maximum atomic E-state index is 9.00. The fraction of sp³-hybridized carbons (Fsp3) is 0.263. The number of pyridine rings is 1. The first-order valence-corrected chi connectivity index (χ1v) is 8.22. The third-order valence-corrected chi connectivity index (χ3v) is 2.91. The summed E-state index contributed by atoms with van der Waals surface area (Å²) in [5.74, 6) is 0.521. The minimum Gasteiger partial charge on any atom is -0.491 e. The zero-order valence-electron chi connectivity index (χ0n) is 15.5. The Balaban J connectivity index is 0.000000828. The van der Waals surface area contributed by atoms with Crippen LogP contribution in [0.4, 0.5) is 5.82 Å². The number of nitrogens with one attached hydrogen (secondary N) is 3. The first-order valence-electron chi connectivity index (χ1n) is 8.22. The number of hydrogen-bond donors (Lipinski definition) is 4. The van der Waals surface area contributed by atoms with Gasteiger partial charge < -0.3 is 20.5 Å². The van der Waals surface area contributed by atoms with Gasteiger partial charge in [0.05, 0.1) is 6.10 Å². The molecule has 1 aromatic carbocycles. The van der Waals surface area contributed by atoms with Gasteiger partial charge in [-0.3, -0.25) is 10.2 Å². The van der Waals surface area contributed by atoms with E-state index < -0.39 is 5.97 Å². The Bertz CT molecular complexity index is 811. The Morgan fingerprint density at radius 2 is 1.96 bits per heavy atom. The largest absolute Gasteiger partial charge is 0.491 e. The number of nitrogens with zero attached hydrogens (tertiary/aromatic N) is 2. The summed E-state index contributed by atoms with van der Waals surface area (Å²) in [4.78, 5) is 13.1. The summed E-state index contributed by atoms with van der Waals surface area (Å²) in [6.45, 7) is 5.48. The topological polar surface area (TPSA) is 131 Å². The van der Waals surface area contributed by atoms with Crippen molar-refractivity contribution in [1.82, 2.24) is 10.3 Å². The molecular weight excluding hydrogens is 346 g/mol. The van der Waals surface area contributed by atoms with Crippen molar-refractivity contribution in [1.29, 1.82) is 10.7 Å². The summed E-state index contributed by atoms with van der Waals surface area (Å²) in [6.07, 6.45) is 0.0895. The molecule has 0 bridgehead atoms. The maximum absolute atomic E-state index is 9.00. The van der Waals surface area contributed by atoms with E-state index in [1.165, 1.54) is 0 Å². The van der Waals surface area contributed by atoms with E-state index in [-0.39, 0.29) is 12.1 Å². The first kappa shape index (κ1) is 21.4. The van der Waals surface area contributed by atoms with Gasteiger partial charge in [-0.1, -0.05) is 24.3 Å². The van der Waals surface area contributed by atoms with E-state index in [1.807, 2.05) is 44.2 Å². The predicted molar refractivity (Wildman–Crippen MR) is 103 cm³/mol. The van der Waals surface area contributed by atoms with Crippen LogP contribution in [-0.2, 0) is 11.3 Å². The smallest absolute Gasteiger partial charge is 0.300 e. The quantitative estimate of drug-likeness (QED) is 0.470. The highest BCUT2D eigenvalue weighted by molar-refractivity contribution is 5.90. The van der Waals surface area contributed by atoms with E-state index in [0.717, 1.165) is 18.2 Å². The van der Waals surface area contributed by atoms with E-state index in [2.05, 4.69) is 15.6 Å². The van der Waals surface area contributed by atoms with Crippen LogP contribution in [0.5, 0.6) is 5.75 Å². The lowest BCUT2D eigenvalue weighted by Crippen LogP contribution is -2.29. The standard InChI is InChI=1S/C17H19N5O.C2H4O2/c1-12(2)23-15-8-4-3-6-13(15)11-20-17(19)22-16-9-5-7-14(10-18)21-16;1-2(3)4/h3-9,12H,11H2,1-2H3,(H3,19,20,21,22);1H3,(H,3,4). The van der Waals surface area contributed by atoms with Crippen LogP contribution in [-0.4, -0.2) is 28.1 Å². The molecule has 0 atom stereocenters. The molecule has 1 heterocycles. The van der Waals surface area contributed by atoms with E-state index in [1.54, 1.807) is 18.2 Å². The Labute approximate surface area is 158 Å². The van der Waals surface area contributed by atoms with Gasteiger partial charge in [0.25, 0.3) is 5.97 Å². The number of aliphatic carboxylic acids is 1. The molecule has 8 heteroatoms. The number of anilines is 1. The molecule has 0 unspecified atom stereocenters. The number of hydrogen-bond acceptors (Lipinski definition) is 5. The van der Waals surface area contributed by atoms with Gasteiger partial charge in [0.2, 0.25) is 0 Å². The Morgan fingerprint density at radius 3 is 2.59 bits per heavy atom. The number of ether oxygens (including phenoxy) is 1. The summed E-state index contributed by atoms with van der Waals surface area (Å²) < 4.78 is 5.75. The van der Waals surface area contributed by atoms with Crippen molar-refractivity contribution in [2.45, 2.75) is 33.4 Å². The Hall–Kier alpha value is -3.60. The number of benzene rings is 1. The molecule has 8 nitrogen and oxygen atoms in total. The summed E-state index contributed by atoms with van der Waals surface area (Å²) in [5.41, 5.74) is 1.27. The van der Waals surface area contributed by atoms with Crippen molar-refractivity contribution in [2.75, 3.05) is 5.32 Å². The van der Waals surface area contributed by atoms with E-state index in [9.17, 15) is 0 Å². The first-order chi connectivity index (χ1) is 12.8. The molecule has 0 aliphatic rings. The molecule has 2 rings (SSSR count). The molecule has 4 N–H and O–H groups in total. The number of para-hydroxylation sites is 1. The normalized spacial score (nSPS) is 9.44. The molecule has 0 aliphatic heterocycles. The highest BCUT2D eigenvalue weighted by Crippen LogP contribution is 2.19. The molecule has 0 radical (unpaired) electrons. The molecule has 1 aromatic heterocycles. The van der Waals surface area contributed by atoms with Gasteiger partial charge in [-0.25, -0.2) is 4.98 Å². The maximum Gasteiger partial charge on any atom is 0.300 e. The molecule has 27 heavy (non-hydrogen) atoms. The number of carboxylic acid groups (broad SMARTS) is 1. The van der Waals surface area contributed by atoms with Gasteiger partial charge in [0.1, 0.15) is 23.3 Å². The lowest BCUT2D eigenvalue weighted by molar-refractivity contribution is -0.134. The lowest BCUT2D eigenvalue weighted by atomic mass is 10.2. The van der Waals surface area contributed by atoms with Crippen molar-refractivity contribution in [3.05, 3.63) is 53.7 Å². The third-order valence-electron chi connectivity index (χ3n) is 2.91. The number of nitriles is 1. The van der Waals surface area contributed by atoms with Gasteiger partial charge in [0.15, 0.2) is 5.96 Å². The van der Waals surface area contributed by atoms with Crippen LogP contribution in [0, 0.1) is 16.7 Å². The van der Waals surface area contributed by atoms with Crippen LogP contribution in [0.3, 0.4) is 0 Å². The Kier molecular flexibility index (Phi) is 8.82. The summed E-state index contributed by atoms with van der Waals surface area (Å²) in [5, 5.41) is 30.0. The van der Waals surface area contributed by atoms with Crippen molar-refractivity contribution in [2.24, 2.45) is 0 Å². The van der Waals surface area contributed by atoms with Crippen LogP contribution >= 0.6 is 0 Å². The van der Waals surface area contributed by atoms with E-state index in [0.29, 0.717) is 18.1 Å². The van der Waals surface area contributed by atoms with Crippen LogP contribution in [0.2, 0.25) is 0 Å². The van der Waals surface area contributed by atoms with Gasteiger partial charge in [0, 0.05) is 19.0 Å². The van der Waals surface area contributed by atoms with Crippen LogP contribution in [0.15, 0.2) is 42.5 Å². The SMILES string of the molecule is CC(=O)O.CC(C)Oc1ccccc1CNC(=N)Nc1cccc(C#N)n1. The number of rotatable bonds is 5. The van der Waals surface area contributed by atoms with Gasteiger partial charge >= 0.3 is 0 Å². The molecule has 0 aliphatic carbocycles. The molecule has 0 saturated heterocycles. The number of carboxylic acids is 1.